The van der Waals surface area contributed by atoms with Crippen LogP contribution in [0, 0.1) is 25.7 Å². The van der Waals surface area contributed by atoms with Crippen LogP contribution in [0.1, 0.15) is 69.0 Å². The summed E-state index contributed by atoms with van der Waals surface area (Å²) in [5, 5.41) is 10.8. The van der Waals surface area contributed by atoms with Crippen LogP contribution in [0.5, 0.6) is 0 Å². The quantitative estimate of drug-likeness (QED) is 0.702. The Morgan fingerprint density at radius 1 is 1.19 bits per heavy atom. The highest BCUT2D eigenvalue weighted by Crippen LogP contribution is 2.43. The number of hydrogen-bond donors (Lipinski definition) is 1. The maximum Gasteiger partial charge on any atom is 0.340 e. The molecule has 1 saturated carbocycles. The van der Waals surface area contributed by atoms with Gasteiger partial charge in [0.1, 0.15) is 0 Å². The van der Waals surface area contributed by atoms with Gasteiger partial charge in [0.05, 0.1) is 22.0 Å². The number of rotatable bonds is 4. The molecule has 0 bridgehead atoms. The average molecular weight is 439 g/mol. The molecular weight excluding hydrogens is 408 g/mol. The van der Waals surface area contributed by atoms with E-state index >= 15 is 0 Å². The van der Waals surface area contributed by atoms with E-state index in [9.17, 15) is 9.90 Å². The van der Waals surface area contributed by atoms with Gasteiger partial charge in [-0.2, -0.15) is 0 Å². The van der Waals surface area contributed by atoms with E-state index in [1.807, 2.05) is 13.8 Å². The van der Waals surface area contributed by atoms with Crippen molar-refractivity contribution in [3.8, 4) is 0 Å². The summed E-state index contributed by atoms with van der Waals surface area (Å²) >= 11 is 3.69. The summed E-state index contributed by atoms with van der Waals surface area (Å²) in [6, 6.07) is 0. The molecule has 27 heavy (non-hydrogen) atoms. The topological polar surface area (TPSA) is 62.7 Å². The summed E-state index contributed by atoms with van der Waals surface area (Å²) in [7, 11) is 0. The van der Waals surface area contributed by atoms with Crippen LogP contribution in [0.3, 0.4) is 0 Å². The number of fused-ring (bicyclic) bond motifs is 1. The molecule has 1 N–H and O–H groups in total. The Labute approximate surface area is 170 Å². The number of nitrogens with zero attached hydrogens (tertiary/aromatic N) is 2. The number of aliphatic hydroxyl groups is 1. The summed E-state index contributed by atoms with van der Waals surface area (Å²) in [4.78, 5) is 19.3. The summed E-state index contributed by atoms with van der Waals surface area (Å²) in [6.45, 7) is 9.31. The third kappa shape index (κ3) is 4.32. The van der Waals surface area contributed by atoms with Crippen molar-refractivity contribution >= 4 is 27.6 Å². The first-order valence-corrected chi connectivity index (χ1v) is 10.9. The number of ether oxygens (including phenoxy) is 1. The van der Waals surface area contributed by atoms with Gasteiger partial charge in [-0.3, -0.25) is 4.98 Å². The van der Waals surface area contributed by atoms with Crippen LogP contribution >= 0.6 is 15.9 Å². The van der Waals surface area contributed by atoms with Crippen molar-refractivity contribution in [2.24, 2.45) is 11.8 Å². The van der Waals surface area contributed by atoms with Crippen LogP contribution in [0.2, 0.25) is 0 Å². The molecule has 1 aromatic rings. The van der Waals surface area contributed by atoms with Crippen molar-refractivity contribution < 1.29 is 14.6 Å². The van der Waals surface area contributed by atoms with Crippen molar-refractivity contribution in [3.05, 3.63) is 21.4 Å². The second-order valence-electron chi connectivity index (χ2n) is 8.29. The first-order valence-electron chi connectivity index (χ1n) is 10.1. The fourth-order valence-electron chi connectivity index (χ4n) is 4.68. The molecule has 0 radical (unpaired) electrons. The average Bonchev–Trinajstić information content (AvgIpc) is 2.63. The minimum Gasteiger partial charge on any atom is -0.461 e. The molecule has 1 aromatic heterocycles. The molecule has 2 aliphatic rings. The zero-order chi connectivity index (χ0) is 19.7. The zero-order valence-corrected chi connectivity index (χ0v) is 18.4. The van der Waals surface area contributed by atoms with Gasteiger partial charge in [-0.25, -0.2) is 4.79 Å². The smallest absolute Gasteiger partial charge is 0.340 e. The first kappa shape index (κ1) is 20.6. The lowest BCUT2D eigenvalue weighted by Crippen LogP contribution is -2.43. The van der Waals surface area contributed by atoms with Gasteiger partial charge in [0.15, 0.2) is 6.10 Å². The molecule has 0 amide bonds. The van der Waals surface area contributed by atoms with Gasteiger partial charge in [-0.05, 0) is 68.3 Å². The van der Waals surface area contributed by atoms with Crippen LogP contribution in [-0.4, -0.2) is 35.3 Å². The third-order valence-corrected chi connectivity index (χ3v) is 6.91. The summed E-state index contributed by atoms with van der Waals surface area (Å²) < 4.78 is 6.14. The van der Waals surface area contributed by atoms with Crippen LogP contribution in [0.25, 0.3) is 0 Å². The number of pyridine rings is 1. The van der Waals surface area contributed by atoms with E-state index in [0.29, 0.717) is 17.2 Å². The Morgan fingerprint density at radius 3 is 2.52 bits per heavy atom. The van der Waals surface area contributed by atoms with E-state index in [1.54, 1.807) is 13.8 Å². The molecule has 0 unspecified atom stereocenters. The van der Waals surface area contributed by atoms with Crippen molar-refractivity contribution in [2.75, 3.05) is 18.0 Å². The number of carbonyl (C=O) groups excluding carboxylic acids is 1. The number of hydrogen-bond acceptors (Lipinski definition) is 5. The molecular formula is C21H31BrN2O3. The molecule has 1 aliphatic heterocycles. The monoisotopic (exact) mass is 438 g/mol. The SMILES string of the molecule is Cc1nc(C)c([C@H](O)C(=O)OC(C)C)c(N2CC[C@H]3CCCC[C@@H]3C2)c1Br. The van der Waals surface area contributed by atoms with Gasteiger partial charge in [0.25, 0.3) is 0 Å². The number of carbonyl (C=O) groups is 1. The molecule has 3 rings (SSSR count). The number of esters is 1. The summed E-state index contributed by atoms with van der Waals surface area (Å²) in [6.07, 6.45) is 4.85. The normalized spacial score (nSPS) is 23.9. The standard InChI is InChI=1S/C21H31BrN2O3/c1-12(2)27-21(26)20(25)17-13(3)23-14(4)18(22)19(17)24-10-9-15-7-5-6-8-16(15)11-24/h12,15-16,20,25H,5-11H2,1-4H3/t15-,16-,20+/m1/s1. The molecule has 1 saturated heterocycles. The lowest BCUT2D eigenvalue weighted by Gasteiger charge is -2.43. The Bertz CT molecular complexity index is 707. The minimum atomic E-state index is -1.32. The number of anilines is 1. The van der Waals surface area contributed by atoms with Crippen LogP contribution in [0.15, 0.2) is 4.47 Å². The van der Waals surface area contributed by atoms with E-state index in [4.69, 9.17) is 4.74 Å². The zero-order valence-electron chi connectivity index (χ0n) is 16.8. The molecule has 6 heteroatoms. The predicted molar refractivity (Wildman–Crippen MR) is 110 cm³/mol. The summed E-state index contributed by atoms with van der Waals surface area (Å²) in [5.41, 5.74) is 3.05. The number of aliphatic hydroxyl groups excluding tert-OH is 1. The number of aromatic nitrogens is 1. The first-order chi connectivity index (χ1) is 12.8. The fourth-order valence-corrected chi connectivity index (χ4v) is 5.23. The van der Waals surface area contributed by atoms with E-state index in [1.165, 1.54) is 32.1 Å². The van der Waals surface area contributed by atoms with E-state index in [0.717, 1.165) is 34.9 Å². The van der Waals surface area contributed by atoms with Crippen molar-refractivity contribution in [1.82, 2.24) is 4.98 Å². The van der Waals surface area contributed by atoms with E-state index in [-0.39, 0.29) is 6.10 Å². The summed E-state index contributed by atoms with van der Waals surface area (Å²) in [5.74, 6) is 0.900. The van der Waals surface area contributed by atoms with Gasteiger partial charge in [0.2, 0.25) is 0 Å². The maximum atomic E-state index is 12.4. The highest BCUT2D eigenvalue weighted by atomic mass is 79.9. The number of aryl methyl sites for hydroxylation is 2. The lowest BCUT2D eigenvalue weighted by atomic mass is 9.75. The second kappa shape index (κ2) is 8.48. The molecule has 0 spiro atoms. The molecule has 0 aromatic carbocycles. The molecule has 2 heterocycles. The number of halogens is 1. The molecule has 5 nitrogen and oxygen atoms in total. The van der Waals surface area contributed by atoms with Crippen LogP contribution in [0.4, 0.5) is 5.69 Å². The number of piperidine rings is 1. The van der Waals surface area contributed by atoms with Crippen LogP contribution < -0.4 is 4.90 Å². The molecule has 1 aliphatic carbocycles. The Kier molecular flexibility index (Phi) is 6.46. The molecule has 3 atom stereocenters. The van der Waals surface area contributed by atoms with Crippen molar-refractivity contribution in [1.29, 1.82) is 0 Å². The van der Waals surface area contributed by atoms with Gasteiger partial charge in [-0.1, -0.05) is 19.3 Å². The Balaban J connectivity index is 1.97. The second-order valence-corrected chi connectivity index (χ2v) is 9.08. The third-order valence-electron chi connectivity index (χ3n) is 5.96. The lowest BCUT2D eigenvalue weighted by molar-refractivity contribution is -0.157. The fraction of sp³-hybridized carbons (Fsp3) is 0.714. The Morgan fingerprint density at radius 2 is 1.85 bits per heavy atom. The molecule has 2 fully saturated rings. The van der Waals surface area contributed by atoms with Crippen molar-refractivity contribution in [2.45, 2.75) is 72.0 Å². The van der Waals surface area contributed by atoms with Gasteiger partial charge < -0.3 is 14.7 Å². The maximum absolute atomic E-state index is 12.4. The highest BCUT2D eigenvalue weighted by Gasteiger charge is 2.35. The van der Waals surface area contributed by atoms with E-state index in [2.05, 4.69) is 25.8 Å². The minimum absolute atomic E-state index is 0.268. The Hall–Kier alpha value is -1.14. The van der Waals surface area contributed by atoms with Crippen molar-refractivity contribution in [3.63, 3.8) is 0 Å². The van der Waals surface area contributed by atoms with Gasteiger partial charge in [0, 0.05) is 24.3 Å². The van der Waals surface area contributed by atoms with E-state index < -0.39 is 12.1 Å². The largest absolute Gasteiger partial charge is 0.461 e. The van der Waals surface area contributed by atoms with Crippen LogP contribution in [-0.2, 0) is 9.53 Å². The van der Waals surface area contributed by atoms with Gasteiger partial charge >= 0.3 is 5.97 Å². The molecule has 150 valence electrons. The predicted octanol–water partition coefficient (Wildman–Crippen LogP) is 4.46. The highest BCUT2D eigenvalue weighted by molar-refractivity contribution is 9.10. The van der Waals surface area contributed by atoms with Gasteiger partial charge in [-0.15, -0.1) is 0 Å².